The molecule has 3 aromatic carbocycles. The second-order valence-electron chi connectivity index (χ2n) is 6.86. The van der Waals surface area contributed by atoms with E-state index in [-0.39, 0.29) is 5.97 Å². The van der Waals surface area contributed by atoms with Gasteiger partial charge in [0.2, 0.25) is 0 Å². The fraction of sp³-hybridized carbons (Fsp3) is 0.154. The summed E-state index contributed by atoms with van der Waals surface area (Å²) in [7, 11) is 1.37. The Kier molecular flexibility index (Phi) is 7.60. The number of hydrogen-bond donors (Lipinski definition) is 1. The van der Waals surface area contributed by atoms with Crippen LogP contribution in [-0.4, -0.2) is 25.7 Å². The van der Waals surface area contributed by atoms with Crippen molar-refractivity contribution in [2.24, 2.45) is 0 Å². The van der Waals surface area contributed by atoms with E-state index in [4.69, 9.17) is 9.47 Å². The molecule has 0 unspecified atom stereocenters. The Balaban J connectivity index is 1.77. The number of anilines is 1. The van der Waals surface area contributed by atoms with Crippen LogP contribution < -0.4 is 5.32 Å². The number of rotatable bonds is 8. The van der Waals surface area contributed by atoms with Crippen LogP contribution in [0.2, 0.25) is 0 Å². The fourth-order valence-electron chi connectivity index (χ4n) is 3.08. The third kappa shape index (κ3) is 6.31. The van der Waals surface area contributed by atoms with Crippen molar-refractivity contribution in [3.8, 4) is 0 Å². The first-order valence-electron chi connectivity index (χ1n) is 10.1. The Labute approximate surface area is 182 Å². The van der Waals surface area contributed by atoms with Crippen molar-refractivity contribution >= 4 is 23.3 Å². The summed E-state index contributed by atoms with van der Waals surface area (Å²) in [4.78, 5) is 23.6. The van der Waals surface area contributed by atoms with Crippen LogP contribution in [0.4, 0.5) is 5.69 Å². The lowest BCUT2D eigenvalue weighted by molar-refractivity contribution is -0.137. The molecule has 3 rings (SSSR count). The van der Waals surface area contributed by atoms with Gasteiger partial charge in [-0.15, -0.1) is 0 Å². The minimum absolute atomic E-state index is 0.321. The van der Waals surface area contributed by atoms with E-state index in [0.29, 0.717) is 17.9 Å². The van der Waals surface area contributed by atoms with Crippen LogP contribution in [0, 0.1) is 0 Å². The van der Waals surface area contributed by atoms with Crippen LogP contribution in [0.3, 0.4) is 0 Å². The Morgan fingerprint density at radius 3 is 1.97 bits per heavy atom. The molecule has 0 aliphatic heterocycles. The van der Waals surface area contributed by atoms with Gasteiger partial charge in [-0.1, -0.05) is 54.6 Å². The molecule has 0 aliphatic carbocycles. The summed E-state index contributed by atoms with van der Waals surface area (Å²) in [5, 5.41) is 3.29. The SMILES string of the molecule is CCOC(=O)C=C(Nc1ccccc1)c1ccc(Cc2ccc(C(=O)OC)cc2)cc1. The van der Waals surface area contributed by atoms with Crippen molar-refractivity contribution in [1.29, 1.82) is 0 Å². The highest BCUT2D eigenvalue weighted by molar-refractivity contribution is 5.94. The Morgan fingerprint density at radius 1 is 0.839 bits per heavy atom. The van der Waals surface area contributed by atoms with Crippen molar-refractivity contribution < 1.29 is 19.1 Å². The summed E-state index contributed by atoms with van der Waals surface area (Å²) >= 11 is 0. The van der Waals surface area contributed by atoms with Gasteiger partial charge in [0, 0.05) is 11.8 Å². The van der Waals surface area contributed by atoms with Crippen molar-refractivity contribution in [2.45, 2.75) is 13.3 Å². The molecule has 158 valence electrons. The standard InChI is InChI=1S/C26H25NO4/c1-3-31-25(28)18-24(27-23-7-5-4-6-8-23)21-13-9-19(10-14-21)17-20-11-15-22(16-12-20)26(29)30-2/h4-16,18,27H,3,17H2,1-2H3. The molecule has 0 saturated heterocycles. The van der Waals surface area contributed by atoms with Gasteiger partial charge < -0.3 is 14.8 Å². The fourth-order valence-corrected chi connectivity index (χ4v) is 3.08. The molecule has 5 nitrogen and oxygen atoms in total. The van der Waals surface area contributed by atoms with E-state index in [2.05, 4.69) is 5.32 Å². The molecule has 0 radical (unpaired) electrons. The molecule has 31 heavy (non-hydrogen) atoms. The molecule has 0 bridgehead atoms. The predicted molar refractivity (Wildman–Crippen MR) is 122 cm³/mol. The van der Waals surface area contributed by atoms with E-state index in [1.165, 1.54) is 13.2 Å². The van der Waals surface area contributed by atoms with E-state index in [1.54, 1.807) is 19.1 Å². The normalized spacial score (nSPS) is 11.0. The van der Waals surface area contributed by atoms with Gasteiger partial charge in [0.15, 0.2) is 0 Å². The average molecular weight is 415 g/mol. The quantitative estimate of drug-likeness (QED) is 0.411. The van der Waals surface area contributed by atoms with Crippen molar-refractivity contribution in [2.75, 3.05) is 19.0 Å². The Hall–Kier alpha value is -3.86. The van der Waals surface area contributed by atoms with Gasteiger partial charge in [-0.3, -0.25) is 0 Å². The van der Waals surface area contributed by atoms with E-state index >= 15 is 0 Å². The molecule has 0 fully saturated rings. The molecule has 0 amide bonds. The van der Waals surface area contributed by atoms with Crippen LogP contribution in [0.1, 0.15) is 34.0 Å². The Morgan fingerprint density at radius 2 is 1.42 bits per heavy atom. The molecule has 0 saturated carbocycles. The lowest BCUT2D eigenvalue weighted by Gasteiger charge is -2.12. The van der Waals surface area contributed by atoms with Crippen LogP contribution in [0.15, 0.2) is 84.9 Å². The first-order chi connectivity index (χ1) is 15.1. The van der Waals surface area contributed by atoms with Crippen LogP contribution in [-0.2, 0) is 20.7 Å². The first-order valence-corrected chi connectivity index (χ1v) is 10.1. The number of para-hydroxylation sites is 1. The predicted octanol–water partition coefficient (Wildman–Crippen LogP) is 5.08. The lowest BCUT2D eigenvalue weighted by atomic mass is 10.0. The molecule has 0 aromatic heterocycles. The first kappa shape index (κ1) is 21.8. The van der Waals surface area contributed by atoms with Crippen molar-refractivity contribution in [3.63, 3.8) is 0 Å². The highest BCUT2D eigenvalue weighted by atomic mass is 16.5. The topological polar surface area (TPSA) is 64.6 Å². The van der Waals surface area contributed by atoms with Gasteiger partial charge >= 0.3 is 11.9 Å². The summed E-state index contributed by atoms with van der Waals surface area (Å²) in [6, 6.07) is 25.0. The maximum absolute atomic E-state index is 12.1. The molecule has 1 N–H and O–H groups in total. The largest absolute Gasteiger partial charge is 0.465 e. The van der Waals surface area contributed by atoms with E-state index in [0.717, 1.165) is 28.8 Å². The van der Waals surface area contributed by atoms with E-state index in [1.807, 2.05) is 66.7 Å². The Bertz CT molecular complexity index is 1040. The van der Waals surface area contributed by atoms with Gasteiger partial charge in [0.25, 0.3) is 0 Å². The number of esters is 2. The monoisotopic (exact) mass is 415 g/mol. The minimum atomic E-state index is -0.393. The summed E-state index contributed by atoms with van der Waals surface area (Å²) in [5.74, 6) is -0.738. The summed E-state index contributed by atoms with van der Waals surface area (Å²) in [6.45, 7) is 2.10. The number of nitrogens with one attached hydrogen (secondary N) is 1. The second kappa shape index (κ2) is 10.8. The highest BCUT2D eigenvalue weighted by Crippen LogP contribution is 2.20. The molecule has 0 atom stereocenters. The van der Waals surface area contributed by atoms with Crippen LogP contribution >= 0.6 is 0 Å². The summed E-state index contributed by atoms with van der Waals surface area (Å²) in [6.07, 6.45) is 2.20. The molecule has 5 heteroatoms. The zero-order valence-corrected chi connectivity index (χ0v) is 17.6. The summed E-state index contributed by atoms with van der Waals surface area (Å²) < 4.78 is 9.81. The number of carbonyl (C=O) groups is 2. The maximum Gasteiger partial charge on any atom is 0.337 e. The van der Waals surface area contributed by atoms with Gasteiger partial charge in [0.1, 0.15) is 0 Å². The number of carbonyl (C=O) groups excluding carboxylic acids is 2. The summed E-state index contributed by atoms with van der Waals surface area (Å²) in [5.41, 5.74) is 5.16. The smallest absolute Gasteiger partial charge is 0.337 e. The van der Waals surface area contributed by atoms with Crippen molar-refractivity contribution in [3.05, 3.63) is 107 Å². The average Bonchev–Trinajstić information content (AvgIpc) is 2.80. The van der Waals surface area contributed by atoms with E-state index in [9.17, 15) is 9.59 Å². The number of methoxy groups -OCH3 is 1. The van der Waals surface area contributed by atoms with Gasteiger partial charge in [-0.05, 0) is 54.3 Å². The minimum Gasteiger partial charge on any atom is -0.465 e. The molecular formula is C26H25NO4. The zero-order chi connectivity index (χ0) is 22.1. The number of ether oxygens (including phenoxy) is 2. The zero-order valence-electron chi connectivity index (χ0n) is 17.6. The molecule has 0 heterocycles. The second-order valence-corrected chi connectivity index (χ2v) is 6.86. The number of benzene rings is 3. The molecule has 0 spiro atoms. The van der Waals surface area contributed by atoms with Crippen LogP contribution in [0.5, 0.6) is 0 Å². The van der Waals surface area contributed by atoms with Crippen LogP contribution in [0.25, 0.3) is 5.70 Å². The lowest BCUT2D eigenvalue weighted by Crippen LogP contribution is -2.06. The third-order valence-electron chi connectivity index (χ3n) is 4.65. The molecule has 0 aliphatic rings. The highest BCUT2D eigenvalue weighted by Gasteiger charge is 2.08. The third-order valence-corrected chi connectivity index (χ3v) is 4.65. The number of hydrogen-bond acceptors (Lipinski definition) is 5. The van der Waals surface area contributed by atoms with E-state index < -0.39 is 5.97 Å². The van der Waals surface area contributed by atoms with Gasteiger partial charge in [-0.25, -0.2) is 9.59 Å². The van der Waals surface area contributed by atoms with Gasteiger partial charge in [-0.2, -0.15) is 0 Å². The molecular weight excluding hydrogens is 390 g/mol. The van der Waals surface area contributed by atoms with Gasteiger partial charge in [0.05, 0.1) is 25.0 Å². The maximum atomic E-state index is 12.1. The molecule has 3 aromatic rings. The van der Waals surface area contributed by atoms with Crippen molar-refractivity contribution in [1.82, 2.24) is 0 Å².